The molecule has 2 heteroatoms. The summed E-state index contributed by atoms with van der Waals surface area (Å²) in [6.07, 6.45) is 5.23. The highest BCUT2D eigenvalue weighted by Gasteiger charge is 2.17. The zero-order valence-corrected chi connectivity index (χ0v) is 9.63. The molecule has 0 saturated heterocycles. The van der Waals surface area contributed by atoms with E-state index in [1.165, 1.54) is 0 Å². The quantitative estimate of drug-likeness (QED) is 0.668. The summed E-state index contributed by atoms with van der Waals surface area (Å²) < 4.78 is 0. The summed E-state index contributed by atoms with van der Waals surface area (Å²) in [4.78, 5) is 11.1. The van der Waals surface area contributed by atoms with Crippen LogP contribution in [-0.2, 0) is 4.79 Å². The van der Waals surface area contributed by atoms with Crippen molar-refractivity contribution >= 4 is 5.91 Å². The summed E-state index contributed by atoms with van der Waals surface area (Å²) in [5.41, 5.74) is 0. The average Bonchev–Trinajstić information content (AvgIpc) is 2.03. The summed E-state index contributed by atoms with van der Waals surface area (Å²) in [5, 5.41) is 2.86. The summed E-state index contributed by atoms with van der Waals surface area (Å²) in [5.74, 6) is 3.99. The maximum absolute atomic E-state index is 11.1. The number of hydrogen-bond donors (Lipinski definition) is 1. The molecule has 0 aromatic carbocycles. The molecule has 0 bridgehead atoms. The number of amides is 1. The van der Waals surface area contributed by atoms with Gasteiger partial charge in [-0.05, 0) is 17.8 Å². The van der Waals surface area contributed by atoms with Crippen LogP contribution in [-0.4, -0.2) is 12.5 Å². The Morgan fingerprint density at radius 3 is 2.14 bits per heavy atom. The molecule has 0 heterocycles. The minimum Gasteiger partial charge on any atom is -0.355 e. The van der Waals surface area contributed by atoms with Crippen molar-refractivity contribution in [1.29, 1.82) is 0 Å². The lowest BCUT2D eigenvalue weighted by Gasteiger charge is -2.24. The number of nitrogens with one attached hydrogen (secondary N) is 1. The van der Waals surface area contributed by atoms with Crippen LogP contribution in [0.15, 0.2) is 0 Å². The standard InChI is InChI=1S/C12H21NO/c1-6-7-12(14)13-8-11(9(2)3)10(4)5/h1,9-11H,7-8H2,2-5H3,(H,13,14). The zero-order valence-electron chi connectivity index (χ0n) is 9.63. The maximum Gasteiger partial charge on any atom is 0.232 e. The van der Waals surface area contributed by atoms with Crippen LogP contribution in [0.25, 0.3) is 0 Å². The van der Waals surface area contributed by atoms with Crippen LogP contribution in [0.4, 0.5) is 0 Å². The molecule has 0 saturated carbocycles. The molecule has 0 unspecified atom stereocenters. The second-order valence-electron chi connectivity index (χ2n) is 4.34. The van der Waals surface area contributed by atoms with Gasteiger partial charge in [-0.3, -0.25) is 4.79 Å². The normalized spacial score (nSPS) is 10.7. The Morgan fingerprint density at radius 1 is 1.29 bits per heavy atom. The molecule has 14 heavy (non-hydrogen) atoms. The van der Waals surface area contributed by atoms with E-state index in [0.717, 1.165) is 6.54 Å². The van der Waals surface area contributed by atoms with Gasteiger partial charge in [0.2, 0.25) is 5.91 Å². The summed E-state index contributed by atoms with van der Waals surface area (Å²) in [7, 11) is 0. The molecule has 80 valence electrons. The Morgan fingerprint density at radius 2 is 1.79 bits per heavy atom. The molecule has 0 aliphatic rings. The van der Waals surface area contributed by atoms with E-state index in [0.29, 0.717) is 17.8 Å². The Balaban J connectivity index is 3.96. The lowest BCUT2D eigenvalue weighted by molar-refractivity contribution is -0.120. The molecular weight excluding hydrogens is 174 g/mol. The molecular formula is C12H21NO. The third-order valence-electron chi connectivity index (χ3n) is 2.51. The predicted octanol–water partition coefficient (Wildman–Crippen LogP) is 2.05. The highest BCUT2D eigenvalue weighted by molar-refractivity contribution is 5.78. The van der Waals surface area contributed by atoms with E-state index >= 15 is 0 Å². The van der Waals surface area contributed by atoms with E-state index < -0.39 is 0 Å². The lowest BCUT2D eigenvalue weighted by Crippen LogP contribution is -2.33. The van der Waals surface area contributed by atoms with Crippen molar-refractivity contribution in [3.05, 3.63) is 0 Å². The lowest BCUT2D eigenvalue weighted by atomic mass is 9.85. The second-order valence-corrected chi connectivity index (χ2v) is 4.34. The summed E-state index contributed by atoms with van der Waals surface area (Å²) >= 11 is 0. The Hall–Kier alpha value is -0.970. The topological polar surface area (TPSA) is 29.1 Å². The Kier molecular flexibility index (Phi) is 6.03. The highest BCUT2D eigenvalue weighted by atomic mass is 16.1. The van der Waals surface area contributed by atoms with Crippen LogP contribution in [0, 0.1) is 30.1 Å². The second kappa shape index (κ2) is 6.48. The first kappa shape index (κ1) is 13.0. The summed E-state index contributed by atoms with van der Waals surface area (Å²) in [6, 6.07) is 0. The van der Waals surface area contributed by atoms with Gasteiger partial charge in [0.25, 0.3) is 0 Å². The first-order valence-corrected chi connectivity index (χ1v) is 5.19. The highest BCUT2D eigenvalue weighted by Crippen LogP contribution is 2.19. The van der Waals surface area contributed by atoms with Crippen LogP contribution in [0.2, 0.25) is 0 Å². The van der Waals surface area contributed by atoms with Crippen molar-refractivity contribution in [1.82, 2.24) is 5.32 Å². The van der Waals surface area contributed by atoms with E-state index in [1.54, 1.807) is 0 Å². The molecule has 0 aliphatic carbocycles. The van der Waals surface area contributed by atoms with E-state index in [4.69, 9.17) is 6.42 Å². The van der Waals surface area contributed by atoms with E-state index in [2.05, 4.69) is 38.9 Å². The molecule has 0 atom stereocenters. The van der Waals surface area contributed by atoms with Gasteiger partial charge >= 0.3 is 0 Å². The first-order valence-electron chi connectivity index (χ1n) is 5.19. The van der Waals surface area contributed by atoms with Gasteiger partial charge in [0.15, 0.2) is 0 Å². The monoisotopic (exact) mass is 195 g/mol. The Bertz CT molecular complexity index is 205. The third kappa shape index (κ3) is 4.91. The SMILES string of the molecule is C#CCC(=O)NCC(C(C)C)C(C)C. The van der Waals surface area contributed by atoms with Gasteiger partial charge in [0.1, 0.15) is 0 Å². The molecule has 0 aromatic rings. The molecule has 0 fully saturated rings. The number of terminal acetylenes is 1. The zero-order chi connectivity index (χ0) is 11.1. The van der Waals surface area contributed by atoms with E-state index in [1.807, 2.05) is 0 Å². The van der Waals surface area contributed by atoms with Crippen LogP contribution in [0.1, 0.15) is 34.1 Å². The molecule has 2 nitrogen and oxygen atoms in total. The number of carbonyl (C=O) groups is 1. The minimum absolute atomic E-state index is 0.0428. The molecule has 0 aliphatic heterocycles. The van der Waals surface area contributed by atoms with Crippen molar-refractivity contribution < 1.29 is 4.79 Å². The Labute approximate surface area is 87.5 Å². The molecule has 1 N–H and O–H groups in total. The first-order chi connectivity index (χ1) is 6.49. The van der Waals surface area contributed by atoms with Gasteiger partial charge in [0.05, 0.1) is 6.42 Å². The molecule has 0 spiro atoms. The van der Waals surface area contributed by atoms with Crippen molar-refractivity contribution in [2.24, 2.45) is 17.8 Å². The van der Waals surface area contributed by atoms with Crippen LogP contribution < -0.4 is 5.32 Å². The average molecular weight is 195 g/mol. The van der Waals surface area contributed by atoms with Crippen molar-refractivity contribution in [3.8, 4) is 12.3 Å². The smallest absolute Gasteiger partial charge is 0.232 e. The van der Waals surface area contributed by atoms with E-state index in [-0.39, 0.29) is 12.3 Å². The van der Waals surface area contributed by atoms with Crippen molar-refractivity contribution in [3.63, 3.8) is 0 Å². The summed E-state index contributed by atoms with van der Waals surface area (Å²) in [6.45, 7) is 9.45. The maximum atomic E-state index is 11.1. The van der Waals surface area contributed by atoms with Gasteiger partial charge in [0, 0.05) is 6.54 Å². The largest absolute Gasteiger partial charge is 0.355 e. The molecule has 0 rings (SSSR count). The number of hydrogen-bond acceptors (Lipinski definition) is 1. The van der Waals surface area contributed by atoms with Crippen molar-refractivity contribution in [2.45, 2.75) is 34.1 Å². The van der Waals surface area contributed by atoms with Crippen molar-refractivity contribution in [2.75, 3.05) is 6.54 Å². The van der Waals surface area contributed by atoms with Gasteiger partial charge in [-0.2, -0.15) is 0 Å². The minimum atomic E-state index is -0.0428. The predicted molar refractivity (Wildman–Crippen MR) is 59.6 cm³/mol. The fourth-order valence-electron chi connectivity index (χ4n) is 1.63. The van der Waals surface area contributed by atoms with Gasteiger partial charge in [-0.25, -0.2) is 0 Å². The third-order valence-corrected chi connectivity index (χ3v) is 2.51. The van der Waals surface area contributed by atoms with E-state index in [9.17, 15) is 4.79 Å². The fraction of sp³-hybridized carbons (Fsp3) is 0.750. The number of rotatable bonds is 5. The van der Waals surface area contributed by atoms with Gasteiger partial charge < -0.3 is 5.32 Å². The van der Waals surface area contributed by atoms with Gasteiger partial charge in [-0.15, -0.1) is 6.42 Å². The number of carbonyl (C=O) groups excluding carboxylic acids is 1. The molecule has 0 aromatic heterocycles. The van der Waals surface area contributed by atoms with Crippen LogP contribution in [0.5, 0.6) is 0 Å². The van der Waals surface area contributed by atoms with Crippen LogP contribution in [0.3, 0.4) is 0 Å². The van der Waals surface area contributed by atoms with Gasteiger partial charge in [-0.1, -0.05) is 33.6 Å². The fourth-order valence-corrected chi connectivity index (χ4v) is 1.63. The van der Waals surface area contributed by atoms with Crippen LogP contribution >= 0.6 is 0 Å². The molecule has 0 radical (unpaired) electrons. The molecule has 1 amide bonds.